The van der Waals surface area contributed by atoms with Crippen LogP contribution in [0.4, 0.5) is 0 Å². The van der Waals surface area contributed by atoms with E-state index in [1.54, 1.807) is 0 Å². The van der Waals surface area contributed by atoms with E-state index in [9.17, 15) is 4.79 Å². The second-order valence-corrected chi connectivity index (χ2v) is 7.41. The zero-order valence-corrected chi connectivity index (χ0v) is 11.4. The first-order valence-electron chi connectivity index (χ1n) is 8.07. The van der Waals surface area contributed by atoms with Gasteiger partial charge in [-0.05, 0) is 62.7 Å². The molecule has 0 aromatic heterocycles. The van der Waals surface area contributed by atoms with Crippen LogP contribution in [0.2, 0.25) is 0 Å². The van der Waals surface area contributed by atoms with Crippen LogP contribution in [0, 0.1) is 23.2 Å². The summed E-state index contributed by atoms with van der Waals surface area (Å²) in [5.74, 6) is 3.13. The lowest BCUT2D eigenvalue weighted by Crippen LogP contribution is -2.45. The van der Waals surface area contributed by atoms with Gasteiger partial charge in [-0.3, -0.25) is 4.79 Å². The van der Waals surface area contributed by atoms with Gasteiger partial charge in [0.15, 0.2) is 0 Å². The zero-order valence-electron chi connectivity index (χ0n) is 11.4. The van der Waals surface area contributed by atoms with Crippen molar-refractivity contribution in [2.75, 3.05) is 13.1 Å². The molecule has 2 nitrogen and oxygen atoms in total. The molecule has 2 atom stereocenters. The summed E-state index contributed by atoms with van der Waals surface area (Å²) in [5.41, 5.74) is 0.123. The average Bonchev–Trinajstić information content (AvgIpc) is 2.67. The molecule has 5 rings (SSSR count). The molecule has 2 heteroatoms. The summed E-state index contributed by atoms with van der Waals surface area (Å²) < 4.78 is 0. The number of likely N-dealkylation sites (tertiary alicyclic amines) is 1. The molecule has 4 aliphatic carbocycles. The minimum Gasteiger partial charge on any atom is -0.342 e. The quantitative estimate of drug-likeness (QED) is 0.696. The summed E-state index contributed by atoms with van der Waals surface area (Å²) in [7, 11) is 0. The first kappa shape index (κ1) is 11.3. The van der Waals surface area contributed by atoms with Crippen molar-refractivity contribution in [1.29, 1.82) is 0 Å². The fourth-order valence-electron chi connectivity index (χ4n) is 5.73. The van der Waals surface area contributed by atoms with Crippen LogP contribution in [0.15, 0.2) is 0 Å². The van der Waals surface area contributed by atoms with E-state index in [-0.39, 0.29) is 5.41 Å². The molecular formula is C16H25NO. The molecule has 100 valence electrons. The highest BCUT2D eigenvalue weighted by Crippen LogP contribution is 2.65. The second-order valence-electron chi connectivity index (χ2n) is 7.41. The van der Waals surface area contributed by atoms with E-state index in [4.69, 9.17) is 0 Å². The van der Waals surface area contributed by atoms with E-state index >= 15 is 0 Å². The van der Waals surface area contributed by atoms with Crippen LogP contribution < -0.4 is 0 Å². The monoisotopic (exact) mass is 247 g/mol. The van der Waals surface area contributed by atoms with Crippen LogP contribution in [0.3, 0.4) is 0 Å². The van der Waals surface area contributed by atoms with Gasteiger partial charge in [0.2, 0.25) is 5.91 Å². The van der Waals surface area contributed by atoms with Crippen molar-refractivity contribution in [2.45, 2.75) is 57.8 Å². The molecule has 5 fully saturated rings. The molecule has 1 aliphatic heterocycles. The highest BCUT2D eigenvalue weighted by Gasteiger charge is 2.62. The number of rotatable bonds is 1. The normalized spacial score (nSPS) is 46.4. The Bertz CT molecular complexity index is 342. The number of nitrogens with zero attached hydrogens (tertiary/aromatic N) is 1. The van der Waals surface area contributed by atoms with Crippen molar-refractivity contribution in [3.63, 3.8) is 0 Å². The summed E-state index contributed by atoms with van der Waals surface area (Å²) in [6.07, 6.45) is 11.8. The number of hydrogen-bond donors (Lipinski definition) is 0. The van der Waals surface area contributed by atoms with Crippen molar-refractivity contribution in [2.24, 2.45) is 23.2 Å². The standard InChI is InChI=1S/C16H25NO/c18-15(17-5-3-1-2-4-6-17)16-10-12-7-13(11-16)9-14(16)8-12/h12-14H,1-11H2. The van der Waals surface area contributed by atoms with Crippen molar-refractivity contribution in [3.8, 4) is 0 Å². The molecule has 0 radical (unpaired) electrons. The zero-order chi connectivity index (χ0) is 12.2. The molecule has 4 bridgehead atoms. The molecule has 1 amide bonds. The topological polar surface area (TPSA) is 20.3 Å². The van der Waals surface area contributed by atoms with E-state index in [1.165, 1.54) is 57.8 Å². The van der Waals surface area contributed by atoms with Gasteiger partial charge < -0.3 is 4.90 Å². The summed E-state index contributed by atoms with van der Waals surface area (Å²) >= 11 is 0. The van der Waals surface area contributed by atoms with Crippen LogP contribution in [0.25, 0.3) is 0 Å². The number of carbonyl (C=O) groups is 1. The summed E-state index contributed by atoms with van der Waals surface area (Å²) in [6, 6.07) is 0. The molecule has 0 N–H and O–H groups in total. The summed E-state index contributed by atoms with van der Waals surface area (Å²) in [6.45, 7) is 2.09. The lowest BCUT2D eigenvalue weighted by atomic mass is 9.74. The Morgan fingerprint density at radius 3 is 2.11 bits per heavy atom. The smallest absolute Gasteiger partial charge is 0.229 e. The maximum absolute atomic E-state index is 13.0. The van der Waals surface area contributed by atoms with Gasteiger partial charge in [-0.25, -0.2) is 0 Å². The van der Waals surface area contributed by atoms with Crippen LogP contribution in [0.5, 0.6) is 0 Å². The highest BCUT2D eigenvalue weighted by molar-refractivity contribution is 5.84. The van der Waals surface area contributed by atoms with Crippen LogP contribution in [-0.2, 0) is 4.79 Å². The van der Waals surface area contributed by atoms with Crippen molar-refractivity contribution < 1.29 is 4.79 Å². The minimum atomic E-state index is 0.123. The first-order chi connectivity index (χ1) is 8.78. The molecule has 0 aromatic rings. The average molecular weight is 247 g/mol. The van der Waals surface area contributed by atoms with Gasteiger partial charge >= 0.3 is 0 Å². The molecule has 5 aliphatic rings. The highest BCUT2D eigenvalue weighted by atomic mass is 16.2. The first-order valence-corrected chi connectivity index (χ1v) is 8.07. The van der Waals surface area contributed by atoms with Gasteiger partial charge in [0.25, 0.3) is 0 Å². The molecule has 0 spiro atoms. The fraction of sp³-hybridized carbons (Fsp3) is 0.938. The lowest BCUT2D eigenvalue weighted by molar-refractivity contribution is -0.144. The van der Waals surface area contributed by atoms with Crippen molar-refractivity contribution >= 4 is 5.91 Å². The van der Waals surface area contributed by atoms with E-state index in [1.807, 2.05) is 0 Å². The molecule has 0 aromatic carbocycles. The lowest BCUT2D eigenvalue weighted by Gasteiger charge is -2.36. The Labute approximate surface area is 110 Å². The summed E-state index contributed by atoms with van der Waals surface area (Å²) in [5, 5.41) is 0. The van der Waals surface area contributed by atoms with E-state index in [2.05, 4.69) is 4.90 Å². The van der Waals surface area contributed by atoms with Crippen LogP contribution in [-0.4, -0.2) is 23.9 Å². The predicted octanol–water partition coefficient (Wildman–Crippen LogP) is 3.22. The molecule has 4 saturated carbocycles. The van der Waals surface area contributed by atoms with Gasteiger partial charge in [0.1, 0.15) is 0 Å². The Kier molecular flexibility index (Phi) is 2.50. The van der Waals surface area contributed by atoms with Crippen molar-refractivity contribution in [3.05, 3.63) is 0 Å². The number of amides is 1. The maximum atomic E-state index is 13.0. The number of hydrogen-bond acceptors (Lipinski definition) is 1. The van der Waals surface area contributed by atoms with Crippen LogP contribution in [0.1, 0.15) is 57.8 Å². The summed E-state index contributed by atoms with van der Waals surface area (Å²) in [4.78, 5) is 15.3. The molecular weight excluding hydrogens is 222 g/mol. The Hall–Kier alpha value is -0.530. The van der Waals surface area contributed by atoms with E-state index < -0.39 is 0 Å². The van der Waals surface area contributed by atoms with Crippen molar-refractivity contribution in [1.82, 2.24) is 4.90 Å². The van der Waals surface area contributed by atoms with E-state index in [0.717, 1.165) is 30.8 Å². The molecule has 1 heterocycles. The molecule has 18 heavy (non-hydrogen) atoms. The molecule has 1 saturated heterocycles. The third-order valence-electron chi connectivity index (χ3n) is 6.31. The van der Waals surface area contributed by atoms with Gasteiger partial charge in [-0.2, -0.15) is 0 Å². The number of carbonyl (C=O) groups excluding carboxylic acids is 1. The van der Waals surface area contributed by atoms with Gasteiger partial charge in [-0.1, -0.05) is 12.8 Å². The third kappa shape index (κ3) is 1.50. The predicted molar refractivity (Wildman–Crippen MR) is 71.0 cm³/mol. The fourth-order valence-corrected chi connectivity index (χ4v) is 5.73. The minimum absolute atomic E-state index is 0.123. The SMILES string of the molecule is O=C(N1CCCCCC1)C12CC3CC(CC1C3)C2. The Balaban J connectivity index is 1.57. The van der Waals surface area contributed by atoms with E-state index in [0.29, 0.717) is 5.91 Å². The Morgan fingerprint density at radius 2 is 1.50 bits per heavy atom. The largest absolute Gasteiger partial charge is 0.342 e. The maximum Gasteiger partial charge on any atom is 0.229 e. The van der Waals surface area contributed by atoms with Crippen LogP contribution >= 0.6 is 0 Å². The third-order valence-corrected chi connectivity index (χ3v) is 6.31. The molecule has 2 unspecified atom stereocenters. The second kappa shape index (κ2) is 3.98. The van der Waals surface area contributed by atoms with Gasteiger partial charge in [0, 0.05) is 13.1 Å². The van der Waals surface area contributed by atoms with Gasteiger partial charge in [-0.15, -0.1) is 0 Å². The Morgan fingerprint density at radius 1 is 0.889 bits per heavy atom. The van der Waals surface area contributed by atoms with Gasteiger partial charge in [0.05, 0.1) is 5.41 Å².